The third-order valence-corrected chi connectivity index (χ3v) is 2.71. The third-order valence-electron chi connectivity index (χ3n) is 2.71. The molecule has 0 saturated heterocycles. The number of rotatable bonds is 6. The minimum absolute atomic E-state index is 0.172. The number of anilines is 2. The molecular weight excluding hydrogens is 283 g/mol. The Bertz CT molecular complexity index is 470. The van der Waals surface area contributed by atoms with Crippen molar-refractivity contribution < 1.29 is 18.3 Å². The second-order valence-corrected chi connectivity index (χ2v) is 5.69. The van der Waals surface area contributed by atoms with Gasteiger partial charge in [0.1, 0.15) is 11.6 Å². The van der Waals surface area contributed by atoms with Crippen LogP contribution in [0, 0.1) is 0 Å². The van der Waals surface area contributed by atoms with E-state index in [0.29, 0.717) is 6.54 Å². The number of hydrogen-bond donors (Lipinski definition) is 2. The highest BCUT2D eigenvalue weighted by molar-refractivity contribution is 5.51. The van der Waals surface area contributed by atoms with Gasteiger partial charge in [0.05, 0.1) is 11.2 Å². The predicted octanol–water partition coefficient (Wildman–Crippen LogP) is 3.13. The molecule has 2 N–H and O–H groups in total. The van der Waals surface area contributed by atoms with E-state index in [1.165, 1.54) is 4.90 Å². The quantitative estimate of drug-likeness (QED) is 0.848. The molecule has 0 unspecified atom stereocenters. The highest BCUT2D eigenvalue weighted by Crippen LogP contribution is 2.33. The van der Waals surface area contributed by atoms with Crippen molar-refractivity contribution in [2.45, 2.75) is 39.0 Å². The molecule has 0 saturated carbocycles. The topological polar surface area (TPSA) is 48.4 Å². The molecule has 0 aliphatic carbocycles. The van der Waals surface area contributed by atoms with Crippen LogP contribution < -0.4 is 10.2 Å². The molecule has 1 rings (SSSR count). The Kier molecular flexibility index (Phi) is 5.44. The lowest BCUT2D eigenvalue weighted by Gasteiger charge is -2.27. The fourth-order valence-corrected chi connectivity index (χ4v) is 1.88. The van der Waals surface area contributed by atoms with E-state index in [9.17, 15) is 18.3 Å². The first-order chi connectivity index (χ1) is 9.53. The van der Waals surface area contributed by atoms with Crippen LogP contribution in [0.4, 0.5) is 24.8 Å². The summed E-state index contributed by atoms with van der Waals surface area (Å²) in [5, 5.41) is 12.6. The second-order valence-electron chi connectivity index (χ2n) is 5.69. The molecule has 1 aromatic rings. The summed E-state index contributed by atoms with van der Waals surface area (Å²) in [5.41, 5.74) is -1.78. The number of hydrogen-bond acceptors (Lipinski definition) is 4. The molecule has 0 amide bonds. The first kappa shape index (κ1) is 17.6. The summed E-state index contributed by atoms with van der Waals surface area (Å²) in [4.78, 5) is 5.68. The van der Waals surface area contributed by atoms with Crippen LogP contribution in [0.2, 0.25) is 0 Å². The summed E-state index contributed by atoms with van der Waals surface area (Å²) in [7, 11) is 1.60. The molecule has 4 nitrogen and oxygen atoms in total. The summed E-state index contributed by atoms with van der Waals surface area (Å²) in [6.45, 7) is 5.82. The fourth-order valence-electron chi connectivity index (χ4n) is 1.88. The first-order valence-electron chi connectivity index (χ1n) is 6.79. The van der Waals surface area contributed by atoms with Gasteiger partial charge in [0, 0.05) is 20.1 Å². The van der Waals surface area contributed by atoms with E-state index in [0.717, 1.165) is 18.6 Å². The molecule has 0 aliphatic heterocycles. The summed E-state index contributed by atoms with van der Waals surface area (Å²) >= 11 is 0. The van der Waals surface area contributed by atoms with Gasteiger partial charge in [-0.15, -0.1) is 0 Å². The van der Waals surface area contributed by atoms with E-state index in [4.69, 9.17) is 0 Å². The second kappa shape index (κ2) is 6.51. The average Bonchev–Trinajstić information content (AvgIpc) is 2.33. The average molecular weight is 305 g/mol. The van der Waals surface area contributed by atoms with Crippen molar-refractivity contribution in [3.8, 4) is 0 Å². The molecule has 1 aromatic heterocycles. The Morgan fingerprint density at radius 3 is 2.38 bits per heavy atom. The molecule has 0 atom stereocenters. The number of pyridine rings is 1. The Morgan fingerprint density at radius 2 is 1.90 bits per heavy atom. The van der Waals surface area contributed by atoms with Gasteiger partial charge < -0.3 is 15.3 Å². The van der Waals surface area contributed by atoms with Gasteiger partial charge in [-0.1, -0.05) is 6.92 Å². The number of halogens is 3. The molecular formula is C14H22F3N3O. The maximum absolute atomic E-state index is 12.9. The molecule has 0 bridgehead atoms. The van der Waals surface area contributed by atoms with Crippen molar-refractivity contribution in [3.05, 3.63) is 17.7 Å². The zero-order chi connectivity index (χ0) is 16.3. The van der Waals surface area contributed by atoms with Gasteiger partial charge >= 0.3 is 6.18 Å². The third kappa shape index (κ3) is 5.79. The maximum Gasteiger partial charge on any atom is 0.416 e. The predicted molar refractivity (Wildman–Crippen MR) is 77.6 cm³/mol. The highest BCUT2D eigenvalue weighted by atomic mass is 19.4. The lowest BCUT2D eigenvalue weighted by molar-refractivity contribution is -0.137. The van der Waals surface area contributed by atoms with Crippen molar-refractivity contribution >= 4 is 11.6 Å². The van der Waals surface area contributed by atoms with Crippen LogP contribution >= 0.6 is 0 Å². The zero-order valence-corrected chi connectivity index (χ0v) is 12.8. The molecule has 0 radical (unpaired) electrons. The van der Waals surface area contributed by atoms with Gasteiger partial charge in [0.25, 0.3) is 0 Å². The van der Waals surface area contributed by atoms with Crippen LogP contribution in [0.3, 0.4) is 0 Å². The van der Waals surface area contributed by atoms with Gasteiger partial charge in [-0.05, 0) is 32.4 Å². The fraction of sp³-hybridized carbons (Fsp3) is 0.643. The van der Waals surface area contributed by atoms with Crippen LogP contribution in [0.25, 0.3) is 0 Å². The van der Waals surface area contributed by atoms with E-state index < -0.39 is 17.3 Å². The summed E-state index contributed by atoms with van der Waals surface area (Å²) in [5.74, 6) is 0.356. The van der Waals surface area contributed by atoms with E-state index in [2.05, 4.69) is 10.3 Å². The number of aromatic nitrogens is 1. The Hall–Kier alpha value is -1.50. The molecule has 7 heteroatoms. The van der Waals surface area contributed by atoms with Gasteiger partial charge in [0.15, 0.2) is 0 Å². The van der Waals surface area contributed by atoms with Crippen molar-refractivity contribution in [3.63, 3.8) is 0 Å². The minimum atomic E-state index is -4.43. The van der Waals surface area contributed by atoms with Crippen molar-refractivity contribution in [1.82, 2.24) is 4.98 Å². The van der Waals surface area contributed by atoms with Crippen molar-refractivity contribution in [2.75, 3.05) is 30.4 Å². The SMILES string of the molecule is CCCNc1cc(C(F)(F)F)cc(N(C)CC(C)(C)O)n1. The lowest BCUT2D eigenvalue weighted by atomic mass is 10.1. The largest absolute Gasteiger partial charge is 0.416 e. The van der Waals surface area contributed by atoms with E-state index >= 15 is 0 Å². The summed E-state index contributed by atoms with van der Waals surface area (Å²) in [6, 6.07) is 1.99. The summed E-state index contributed by atoms with van der Waals surface area (Å²) < 4.78 is 38.8. The number of nitrogens with zero attached hydrogens (tertiary/aromatic N) is 2. The molecule has 0 fully saturated rings. The van der Waals surface area contributed by atoms with Gasteiger partial charge in [-0.2, -0.15) is 13.2 Å². The first-order valence-corrected chi connectivity index (χ1v) is 6.79. The molecule has 120 valence electrons. The smallest absolute Gasteiger partial charge is 0.389 e. The number of alkyl halides is 3. The Morgan fingerprint density at radius 1 is 1.29 bits per heavy atom. The van der Waals surface area contributed by atoms with Crippen LogP contribution in [0.15, 0.2) is 12.1 Å². The van der Waals surface area contributed by atoms with Crippen molar-refractivity contribution in [2.24, 2.45) is 0 Å². The molecule has 0 spiro atoms. The molecule has 0 aromatic carbocycles. The van der Waals surface area contributed by atoms with Crippen LogP contribution in [0.5, 0.6) is 0 Å². The lowest BCUT2D eigenvalue weighted by Crippen LogP contribution is -2.36. The highest BCUT2D eigenvalue weighted by Gasteiger charge is 2.32. The number of nitrogens with one attached hydrogen (secondary N) is 1. The van der Waals surface area contributed by atoms with E-state index in [1.54, 1.807) is 20.9 Å². The van der Waals surface area contributed by atoms with Crippen LogP contribution in [-0.2, 0) is 6.18 Å². The van der Waals surface area contributed by atoms with E-state index in [1.807, 2.05) is 6.92 Å². The van der Waals surface area contributed by atoms with E-state index in [-0.39, 0.29) is 18.2 Å². The molecule has 1 heterocycles. The van der Waals surface area contributed by atoms with Gasteiger partial charge in [-0.3, -0.25) is 0 Å². The van der Waals surface area contributed by atoms with Gasteiger partial charge in [-0.25, -0.2) is 4.98 Å². The number of likely N-dealkylation sites (N-methyl/N-ethyl adjacent to an activating group) is 1. The standard InChI is InChI=1S/C14H22F3N3O/c1-5-6-18-11-7-10(14(15,16)17)8-12(19-11)20(4)9-13(2,3)21/h7-8,21H,5-6,9H2,1-4H3,(H,18,19). The van der Waals surface area contributed by atoms with Crippen molar-refractivity contribution in [1.29, 1.82) is 0 Å². The van der Waals surface area contributed by atoms with Gasteiger partial charge in [0.2, 0.25) is 0 Å². The Balaban J connectivity index is 3.12. The number of aliphatic hydroxyl groups is 1. The Labute approximate surface area is 123 Å². The zero-order valence-electron chi connectivity index (χ0n) is 12.8. The molecule has 0 aliphatic rings. The maximum atomic E-state index is 12.9. The summed E-state index contributed by atoms with van der Waals surface area (Å²) in [6.07, 6.45) is -3.65. The monoisotopic (exact) mass is 305 g/mol. The minimum Gasteiger partial charge on any atom is -0.389 e. The molecule has 21 heavy (non-hydrogen) atoms. The normalized spacial score (nSPS) is 12.4. The van der Waals surface area contributed by atoms with Crippen LogP contribution in [0.1, 0.15) is 32.8 Å². The van der Waals surface area contributed by atoms with Crippen LogP contribution in [-0.4, -0.2) is 35.8 Å².